The van der Waals surface area contributed by atoms with Gasteiger partial charge in [-0.1, -0.05) is 49.7 Å². The fourth-order valence-electron chi connectivity index (χ4n) is 4.59. The van der Waals surface area contributed by atoms with Crippen LogP contribution in [-0.2, 0) is 14.3 Å². The summed E-state index contributed by atoms with van der Waals surface area (Å²) in [7, 11) is 4.79. The molecule has 0 spiro atoms. The van der Waals surface area contributed by atoms with Crippen LogP contribution in [-0.4, -0.2) is 33.3 Å². The van der Waals surface area contributed by atoms with Crippen molar-refractivity contribution < 1.29 is 28.5 Å². The predicted octanol–water partition coefficient (Wildman–Crippen LogP) is 6.35. The number of benzene rings is 3. The average molecular weight is 479 g/mol. The van der Waals surface area contributed by atoms with Crippen LogP contribution in [0.15, 0.2) is 48.5 Å². The lowest BCUT2D eigenvalue weighted by atomic mass is 9.82. The van der Waals surface area contributed by atoms with Crippen molar-refractivity contribution in [3.8, 4) is 17.2 Å². The minimum absolute atomic E-state index is 0.0166. The molecule has 0 amide bonds. The van der Waals surface area contributed by atoms with Crippen molar-refractivity contribution in [2.24, 2.45) is 0 Å². The topological polar surface area (TPSA) is 71.1 Å². The van der Waals surface area contributed by atoms with Crippen LogP contribution in [0.2, 0.25) is 0 Å². The van der Waals surface area contributed by atoms with Crippen LogP contribution in [0.5, 0.6) is 17.2 Å². The van der Waals surface area contributed by atoms with Gasteiger partial charge in [0.15, 0.2) is 0 Å². The lowest BCUT2D eigenvalue weighted by molar-refractivity contribution is -0.140. The highest BCUT2D eigenvalue weighted by Crippen LogP contribution is 2.47. The molecular formula is C29H34O6. The molecule has 0 heterocycles. The number of unbranched alkanes of at least 4 members (excludes halogenated alkanes) is 1. The highest BCUT2D eigenvalue weighted by molar-refractivity contribution is 5.96. The van der Waals surface area contributed by atoms with Crippen molar-refractivity contribution in [1.82, 2.24) is 0 Å². The van der Waals surface area contributed by atoms with E-state index in [0.29, 0.717) is 18.6 Å². The molecule has 0 unspecified atom stereocenters. The van der Waals surface area contributed by atoms with Crippen molar-refractivity contribution in [2.45, 2.75) is 51.9 Å². The number of ether oxygens (including phenoxy) is 4. The predicted molar refractivity (Wildman–Crippen MR) is 136 cm³/mol. The van der Waals surface area contributed by atoms with Crippen LogP contribution >= 0.6 is 0 Å². The number of carbonyl (C=O) groups is 2. The van der Waals surface area contributed by atoms with E-state index in [1.807, 2.05) is 48.5 Å². The molecule has 0 aliphatic heterocycles. The van der Waals surface area contributed by atoms with Crippen molar-refractivity contribution in [3.05, 3.63) is 65.2 Å². The first-order chi connectivity index (χ1) is 16.9. The molecule has 186 valence electrons. The molecule has 0 saturated heterocycles. The maximum atomic E-state index is 11.7. The monoisotopic (exact) mass is 478 g/mol. The van der Waals surface area contributed by atoms with E-state index in [4.69, 9.17) is 18.9 Å². The van der Waals surface area contributed by atoms with Gasteiger partial charge in [-0.3, -0.25) is 9.59 Å². The number of fused-ring (bicyclic) bond motifs is 1. The second kappa shape index (κ2) is 12.2. The molecule has 6 nitrogen and oxygen atoms in total. The molecule has 0 aliphatic carbocycles. The van der Waals surface area contributed by atoms with Crippen molar-refractivity contribution in [1.29, 1.82) is 0 Å². The standard InChI is InChI=1S/C29H34O6/c1-6-25(30)35-21-17-15-20(16-18-21)22(11-9-10-14-26(31)32-3)27-19(2)28(33-4)23-12-7-8-13-24(23)29(27)34-5/h7-8,12-13,15-18,22H,6,9-11,14H2,1-5H3/t22-/m1/s1. The molecular weight excluding hydrogens is 444 g/mol. The van der Waals surface area contributed by atoms with Crippen molar-refractivity contribution in [2.75, 3.05) is 21.3 Å². The number of hydrogen-bond acceptors (Lipinski definition) is 6. The van der Waals surface area contributed by atoms with Gasteiger partial charge in [-0.05, 0) is 43.0 Å². The fraction of sp³-hybridized carbons (Fsp3) is 0.379. The van der Waals surface area contributed by atoms with Crippen LogP contribution < -0.4 is 14.2 Å². The van der Waals surface area contributed by atoms with Gasteiger partial charge in [0.1, 0.15) is 17.2 Å². The maximum Gasteiger partial charge on any atom is 0.310 e. The molecule has 1 atom stereocenters. The molecule has 3 rings (SSSR count). The number of methoxy groups -OCH3 is 3. The number of hydrogen-bond donors (Lipinski definition) is 0. The van der Waals surface area contributed by atoms with Crippen LogP contribution in [0.25, 0.3) is 10.8 Å². The maximum absolute atomic E-state index is 11.7. The zero-order valence-corrected chi connectivity index (χ0v) is 21.2. The second-order valence-electron chi connectivity index (χ2n) is 8.42. The first kappa shape index (κ1) is 26.1. The zero-order valence-electron chi connectivity index (χ0n) is 21.2. The lowest BCUT2D eigenvalue weighted by Crippen LogP contribution is -2.09. The van der Waals surface area contributed by atoms with Gasteiger partial charge in [-0.25, -0.2) is 0 Å². The van der Waals surface area contributed by atoms with E-state index in [2.05, 4.69) is 6.92 Å². The summed E-state index contributed by atoms with van der Waals surface area (Å²) in [5.41, 5.74) is 3.14. The molecule has 0 saturated carbocycles. The summed E-state index contributed by atoms with van der Waals surface area (Å²) in [6, 6.07) is 15.7. The summed E-state index contributed by atoms with van der Waals surface area (Å²) in [4.78, 5) is 23.3. The van der Waals surface area contributed by atoms with E-state index < -0.39 is 0 Å². The van der Waals surface area contributed by atoms with Gasteiger partial charge >= 0.3 is 11.9 Å². The van der Waals surface area contributed by atoms with Gasteiger partial charge in [0.2, 0.25) is 0 Å². The molecule has 0 radical (unpaired) electrons. The Morgan fingerprint density at radius 2 is 1.46 bits per heavy atom. The van der Waals surface area contributed by atoms with E-state index in [0.717, 1.165) is 58.2 Å². The Balaban J connectivity index is 2.09. The highest BCUT2D eigenvalue weighted by Gasteiger charge is 2.26. The minimum Gasteiger partial charge on any atom is -0.496 e. The summed E-state index contributed by atoms with van der Waals surface area (Å²) in [5, 5.41) is 1.99. The van der Waals surface area contributed by atoms with Gasteiger partial charge in [0.05, 0.1) is 21.3 Å². The quantitative estimate of drug-likeness (QED) is 0.182. The molecule has 35 heavy (non-hydrogen) atoms. The number of carbonyl (C=O) groups excluding carboxylic acids is 2. The summed E-state index contributed by atoms with van der Waals surface area (Å²) >= 11 is 0. The van der Waals surface area contributed by atoms with Crippen LogP contribution in [0, 0.1) is 6.92 Å². The highest BCUT2D eigenvalue weighted by atomic mass is 16.5. The Hall–Kier alpha value is -3.54. The van der Waals surface area contributed by atoms with Gasteiger partial charge < -0.3 is 18.9 Å². The molecule has 0 aromatic heterocycles. The van der Waals surface area contributed by atoms with Crippen LogP contribution in [0.4, 0.5) is 0 Å². The van der Waals surface area contributed by atoms with Gasteiger partial charge in [-0.2, -0.15) is 0 Å². The first-order valence-corrected chi connectivity index (χ1v) is 12.0. The normalized spacial score (nSPS) is 11.7. The van der Waals surface area contributed by atoms with E-state index in [1.165, 1.54) is 7.11 Å². The Bertz CT molecular complexity index is 1170. The summed E-state index contributed by atoms with van der Waals surface area (Å²) in [6.45, 7) is 3.82. The molecule has 3 aromatic rings. The Kier molecular flexibility index (Phi) is 9.12. The summed E-state index contributed by atoms with van der Waals surface area (Å²) < 4.78 is 22.0. The first-order valence-electron chi connectivity index (χ1n) is 12.0. The third-order valence-corrected chi connectivity index (χ3v) is 6.32. The molecule has 0 N–H and O–H groups in total. The third kappa shape index (κ3) is 5.94. The molecule has 3 aromatic carbocycles. The largest absolute Gasteiger partial charge is 0.496 e. The van der Waals surface area contributed by atoms with E-state index in [9.17, 15) is 9.59 Å². The van der Waals surface area contributed by atoms with Crippen LogP contribution in [0.1, 0.15) is 61.6 Å². The van der Waals surface area contributed by atoms with Crippen molar-refractivity contribution >= 4 is 22.7 Å². The summed E-state index contributed by atoms with van der Waals surface area (Å²) in [5.74, 6) is 1.67. The van der Waals surface area contributed by atoms with Gasteiger partial charge in [0.25, 0.3) is 0 Å². The van der Waals surface area contributed by atoms with Crippen molar-refractivity contribution in [3.63, 3.8) is 0 Å². The Morgan fingerprint density at radius 1 is 0.829 bits per heavy atom. The Labute approximate surface area is 207 Å². The molecule has 0 aliphatic rings. The van der Waals surface area contributed by atoms with E-state index >= 15 is 0 Å². The number of rotatable bonds is 11. The lowest BCUT2D eigenvalue weighted by Gasteiger charge is -2.26. The van der Waals surface area contributed by atoms with E-state index in [1.54, 1.807) is 21.1 Å². The SMILES string of the molecule is CCC(=O)Oc1ccc([C@@H](CCCCC(=O)OC)c2c(C)c(OC)c3ccccc3c2OC)cc1. The van der Waals surface area contributed by atoms with Gasteiger partial charge in [0, 0.05) is 35.1 Å². The zero-order chi connectivity index (χ0) is 25.4. The second-order valence-corrected chi connectivity index (χ2v) is 8.42. The fourth-order valence-corrected chi connectivity index (χ4v) is 4.59. The average Bonchev–Trinajstić information content (AvgIpc) is 2.88. The molecule has 0 fully saturated rings. The van der Waals surface area contributed by atoms with E-state index in [-0.39, 0.29) is 17.9 Å². The van der Waals surface area contributed by atoms with Crippen LogP contribution in [0.3, 0.4) is 0 Å². The Morgan fingerprint density at radius 3 is 2.03 bits per heavy atom. The smallest absolute Gasteiger partial charge is 0.310 e. The minimum atomic E-state index is -0.270. The van der Waals surface area contributed by atoms with Gasteiger partial charge in [-0.15, -0.1) is 0 Å². The third-order valence-electron chi connectivity index (χ3n) is 6.32. The number of esters is 2. The molecule has 6 heteroatoms. The summed E-state index contributed by atoms with van der Waals surface area (Å²) in [6.07, 6.45) is 3.04. The molecule has 0 bridgehead atoms.